The Morgan fingerprint density at radius 1 is 1.55 bits per heavy atom. The molecule has 0 unspecified atom stereocenters. The Hall–Kier alpha value is -1.58. The van der Waals surface area contributed by atoms with Crippen LogP contribution in [0.4, 0.5) is 0 Å². The van der Waals surface area contributed by atoms with E-state index in [1.54, 1.807) is 0 Å². The van der Waals surface area contributed by atoms with Crippen LogP contribution in [0.5, 0.6) is 0 Å². The lowest BCUT2D eigenvalue weighted by molar-refractivity contribution is -0.155. The number of carbonyl (C=O) groups excluding carboxylic acids is 2. The van der Waals surface area contributed by atoms with Gasteiger partial charge in [-0.3, -0.25) is 0 Å². The molecule has 0 aromatic rings. The number of aliphatic hydroxyl groups excluding tert-OH is 1. The van der Waals surface area contributed by atoms with E-state index < -0.39 is 17.7 Å². The van der Waals surface area contributed by atoms with E-state index in [2.05, 4.69) is 11.3 Å². The van der Waals surface area contributed by atoms with E-state index in [9.17, 15) is 9.59 Å². The third kappa shape index (κ3) is 3.20. The van der Waals surface area contributed by atoms with Crippen LogP contribution in [-0.2, 0) is 14.3 Å². The molecule has 0 saturated heterocycles. The molecule has 0 aromatic carbocycles. The molecule has 0 aliphatic carbocycles. The number of aliphatic hydroxyl groups is 1. The highest BCUT2D eigenvalue weighted by atomic mass is 16.6. The number of esters is 2. The molecule has 0 amide bonds. The predicted molar refractivity (Wildman–Crippen MR) is 37.7 cm³/mol. The minimum absolute atomic E-state index is 0.597. The molecule has 0 fully saturated rings. The first-order chi connectivity index (χ1) is 5.11. The molecule has 0 bridgehead atoms. The molecule has 0 saturated carbocycles. The smallest absolute Gasteiger partial charge is 0.380 e. The monoisotopic (exact) mass is 156 g/mol. The van der Waals surface area contributed by atoms with Crippen molar-refractivity contribution >= 4 is 11.9 Å². The summed E-state index contributed by atoms with van der Waals surface area (Å²) in [5.74, 6) is -2.55. The predicted octanol–water partition coefficient (Wildman–Crippen LogP) is 0.704. The van der Waals surface area contributed by atoms with Crippen molar-refractivity contribution in [1.29, 1.82) is 0 Å². The van der Waals surface area contributed by atoms with E-state index in [1.807, 2.05) is 0 Å². The third-order valence-corrected chi connectivity index (χ3v) is 0.843. The van der Waals surface area contributed by atoms with Crippen LogP contribution in [0.3, 0.4) is 0 Å². The molecule has 0 atom stereocenters. The van der Waals surface area contributed by atoms with Crippen LogP contribution >= 0.6 is 0 Å². The Bertz CT molecular complexity index is 214. The SMILES string of the molecule is C=CC(=O)OC(=O)C(O)=CC. The molecule has 4 heteroatoms. The van der Waals surface area contributed by atoms with Crippen LogP contribution in [-0.4, -0.2) is 17.0 Å². The molecule has 1 N–H and O–H groups in total. The summed E-state index contributed by atoms with van der Waals surface area (Å²) < 4.78 is 4.04. The van der Waals surface area contributed by atoms with Crippen LogP contribution in [0, 0.1) is 0 Å². The minimum Gasteiger partial charge on any atom is -0.502 e. The summed E-state index contributed by atoms with van der Waals surface area (Å²) in [7, 11) is 0. The standard InChI is InChI=1S/C7H8O4/c1-3-5(8)7(10)11-6(9)4-2/h3-4,8H,2H2,1H3. The molecule has 11 heavy (non-hydrogen) atoms. The third-order valence-electron chi connectivity index (χ3n) is 0.843. The highest BCUT2D eigenvalue weighted by Gasteiger charge is 2.10. The second-order valence-electron chi connectivity index (χ2n) is 1.59. The number of ether oxygens (including phenoxy) is 1. The highest BCUT2D eigenvalue weighted by Crippen LogP contribution is 1.92. The Morgan fingerprint density at radius 2 is 2.09 bits per heavy atom. The van der Waals surface area contributed by atoms with E-state index in [1.165, 1.54) is 6.92 Å². The van der Waals surface area contributed by atoms with Crippen molar-refractivity contribution < 1.29 is 19.4 Å². The Morgan fingerprint density at radius 3 is 2.45 bits per heavy atom. The van der Waals surface area contributed by atoms with Crippen molar-refractivity contribution in [2.75, 3.05) is 0 Å². The maximum Gasteiger partial charge on any atom is 0.380 e. The second-order valence-corrected chi connectivity index (χ2v) is 1.59. The maximum atomic E-state index is 10.5. The molecule has 60 valence electrons. The first kappa shape index (κ1) is 9.42. The average Bonchev–Trinajstić information content (AvgIpc) is 2.02. The van der Waals surface area contributed by atoms with Crippen LogP contribution in [0.2, 0.25) is 0 Å². The normalized spacial score (nSPS) is 10.5. The van der Waals surface area contributed by atoms with Gasteiger partial charge in [-0.15, -0.1) is 0 Å². The van der Waals surface area contributed by atoms with Gasteiger partial charge < -0.3 is 9.84 Å². The summed E-state index contributed by atoms with van der Waals surface area (Å²) in [6.07, 6.45) is 1.96. The molecular weight excluding hydrogens is 148 g/mol. The fourth-order valence-corrected chi connectivity index (χ4v) is 0.303. The quantitative estimate of drug-likeness (QED) is 0.276. The number of rotatable bonds is 2. The van der Waals surface area contributed by atoms with E-state index in [-0.39, 0.29) is 0 Å². The molecule has 0 rings (SSSR count). The van der Waals surface area contributed by atoms with Gasteiger partial charge in [0.2, 0.25) is 0 Å². The van der Waals surface area contributed by atoms with Crippen molar-refractivity contribution in [3.05, 3.63) is 24.5 Å². The van der Waals surface area contributed by atoms with Gasteiger partial charge in [0.15, 0.2) is 5.76 Å². The molecule has 0 spiro atoms. The number of hydrogen-bond donors (Lipinski definition) is 1. The zero-order valence-corrected chi connectivity index (χ0v) is 6.03. The molecular formula is C7H8O4. The lowest BCUT2D eigenvalue weighted by Gasteiger charge is -1.96. The van der Waals surface area contributed by atoms with Gasteiger partial charge in [0.05, 0.1) is 0 Å². The van der Waals surface area contributed by atoms with Gasteiger partial charge in [-0.2, -0.15) is 0 Å². The molecule has 0 aliphatic rings. The van der Waals surface area contributed by atoms with E-state index in [0.29, 0.717) is 0 Å². The summed E-state index contributed by atoms with van der Waals surface area (Å²) >= 11 is 0. The lowest BCUT2D eigenvalue weighted by atomic mass is 10.5. The molecule has 0 aromatic heterocycles. The van der Waals surface area contributed by atoms with Gasteiger partial charge in [0.25, 0.3) is 0 Å². The summed E-state index contributed by atoms with van der Waals surface area (Å²) in [4.78, 5) is 20.9. The van der Waals surface area contributed by atoms with Crippen LogP contribution in [0.1, 0.15) is 6.92 Å². The Kier molecular flexibility index (Phi) is 3.66. The molecule has 0 radical (unpaired) electrons. The van der Waals surface area contributed by atoms with E-state index >= 15 is 0 Å². The van der Waals surface area contributed by atoms with Crippen molar-refractivity contribution in [3.63, 3.8) is 0 Å². The maximum absolute atomic E-state index is 10.5. The number of allylic oxidation sites excluding steroid dienone is 1. The van der Waals surface area contributed by atoms with Crippen molar-refractivity contribution in [2.45, 2.75) is 6.92 Å². The fourth-order valence-electron chi connectivity index (χ4n) is 0.303. The Balaban J connectivity index is 4.09. The van der Waals surface area contributed by atoms with Crippen LogP contribution in [0.15, 0.2) is 24.5 Å². The van der Waals surface area contributed by atoms with Gasteiger partial charge in [0, 0.05) is 6.08 Å². The van der Waals surface area contributed by atoms with E-state index in [0.717, 1.165) is 12.2 Å². The van der Waals surface area contributed by atoms with Crippen LogP contribution < -0.4 is 0 Å². The minimum atomic E-state index is -1.07. The highest BCUT2D eigenvalue weighted by molar-refractivity contribution is 5.97. The summed E-state index contributed by atoms with van der Waals surface area (Å²) in [5, 5.41) is 8.67. The average molecular weight is 156 g/mol. The first-order valence-electron chi connectivity index (χ1n) is 2.85. The topological polar surface area (TPSA) is 63.6 Å². The first-order valence-corrected chi connectivity index (χ1v) is 2.85. The second kappa shape index (κ2) is 4.27. The molecule has 0 aliphatic heterocycles. The van der Waals surface area contributed by atoms with Gasteiger partial charge in [0.1, 0.15) is 0 Å². The Labute approximate surface area is 63.8 Å². The van der Waals surface area contributed by atoms with Crippen molar-refractivity contribution in [2.24, 2.45) is 0 Å². The van der Waals surface area contributed by atoms with Crippen molar-refractivity contribution in [3.8, 4) is 0 Å². The largest absolute Gasteiger partial charge is 0.502 e. The summed E-state index contributed by atoms with van der Waals surface area (Å²) in [6, 6.07) is 0. The van der Waals surface area contributed by atoms with E-state index in [4.69, 9.17) is 5.11 Å². The summed E-state index contributed by atoms with van der Waals surface area (Å²) in [6.45, 7) is 4.51. The van der Waals surface area contributed by atoms with Gasteiger partial charge in [-0.25, -0.2) is 9.59 Å². The molecule has 4 nitrogen and oxygen atoms in total. The molecule has 0 heterocycles. The summed E-state index contributed by atoms with van der Waals surface area (Å²) in [5.41, 5.74) is 0. The fraction of sp³-hybridized carbons (Fsp3) is 0.143. The van der Waals surface area contributed by atoms with Gasteiger partial charge in [-0.1, -0.05) is 6.58 Å². The van der Waals surface area contributed by atoms with Gasteiger partial charge in [-0.05, 0) is 13.0 Å². The van der Waals surface area contributed by atoms with Gasteiger partial charge >= 0.3 is 11.9 Å². The zero-order valence-electron chi connectivity index (χ0n) is 6.03. The lowest BCUT2D eigenvalue weighted by Crippen LogP contribution is -2.11. The zero-order chi connectivity index (χ0) is 8.85. The number of hydrogen-bond acceptors (Lipinski definition) is 4. The number of carbonyl (C=O) groups is 2. The van der Waals surface area contributed by atoms with Crippen LogP contribution in [0.25, 0.3) is 0 Å². The van der Waals surface area contributed by atoms with Crippen molar-refractivity contribution in [1.82, 2.24) is 0 Å².